The second-order valence-corrected chi connectivity index (χ2v) is 8.10. The highest BCUT2D eigenvalue weighted by atomic mass is 19.1. The maximum atomic E-state index is 13.6. The fourth-order valence-electron chi connectivity index (χ4n) is 4.33. The van der Waals surface area contributed by atoms with Gasteiger partial charge < -0.3 is 5.32 Å². The van der Waals surface area contributed by atoms with Crippen molar-refractivity contribution in [3.05, 3.63) is 89.3 Å². The molecule has 2 aromatic carbocycles. The molecular weight excluding hydrogens is 389 g/mol. The fourth-order valence-corrected chi connectivity index (χ4v) is 4.33. The first kappa shape index (κ1) is 19.4. The van der Waals surface area contributed by atoms with E-state index in [2.05, 4.69) is 33.6 Å². The quantitative estimate of drug-likeness (QED) is 0.462. The summed E-state index contributed by atoms with van der Waals surface area (Å²) in [6.45, 7) is 4.80. The van der Waals surface area contributed by atoms with E-state index >= 15 is 0 Å². The minimum atomic E-state index is -0.203. The van der Waals surface area contributed by atoms with Crippen molar-refractivity contribution in [2.45, 2.75) is 39.2 Å². The van der Waals surface area contributed by atoms with E-state index in [4.69, 9.17) is 4.98 Å². The topological polar surface area (TPSA) is 55.6 Å². The molecule has 1 atom stereocenters. The molecular formula is C25H24FN5. The number of aryl methyl sites for hydroxylation is 3. The van der Waals surface area contributed by atoms with Crippen LogP contribution in [0.25, 0.3) is 11.1 Å². The molecule has 1 aliphatic heterocycles. The number of hydrogen-bond donors (Lipinski definition) is 1. The van der Waals surface area contributed by atoms with E-state index in [1.54, 1.807) is 6.07 Å². The summed E-state index contributed by atoms with van der Waals surface area (Å²) in [6.07, 6.45) is 3.84. The van der Waals surface area contributed by atoms with Crippen molar-refractivity contribution >= 4 is 11.6 Å². The lowest BCUT2D eigenvalue weighted by Gasteiger charge is -2.23. The molecule has 5 nitrogen and oxygen atoms in total. The summed E-state index contributed by atoms with van der Waals surface area (Å²) in [7, 11) is 0. The number of pyridine rings is 1. The van der Waals surface area contributed by atoms with E-state index in [1.807, 2.05) is 49.0 Å². The number of nitrogens with one attached hydrogen (secondary N) is 1. The zero-order valence-electron chi connectivity index (χ0n) is 17.6. The predicted octanol–water partition coefficient (Wildman–Crippen LogP) is 5.77. The van der Waals surface area contributed by atoms with Gasteiger partial charge in [-0.3, -0.25) is 4.98 Å². The predicted molar refractivity (Wildman–Crippen MR) is 120 cm³/mol. The molecule has 0 radical (unpaired) electrons. The molecule has 31 heavy (non-hydrogen) atoms. The van der Waals surface area contributed by atoms with Crippen molar-refractivity contribution in [3.8, 4) is 11.1 Å². The summed E-state index contributed by atoms with van der Waals surface area (Å²) >= 11 is 0. The first-order chi connectivity index (χ1) is 15.1. The molecule has 5 rings (SSSR count). The molecule has 0 saturated heterocycles. The minimum absolute atomic E-state index is 0.134. The van der Waals surface area contributed by atoms with Gasteiger partial charge >= 0.3 is 0 Å². The van der Waals surface area contributed by atoms with Crippen molar-refractivity contribution in [2.24, 2.45) is 0 Å². The van der Waals surface area contributed by atoms with Crippen molar-refractivity contribution in [1.29, 1.82) is 0 Å². The maximum Gasteiger partial charge on any atom is 0.246 e. The van der Waals surface area contributed by atoms with Crippen LogP contribution in [-0.2, 0) is 6.54 Å². The number of benzene rings is 2. The number of fused-ring (bicyclic) bond motifs is 1. The first-order valence-electron chi connectivity index (χ1n) is 10.6. The standard InChI is InChI=1S/C25H24FN5/c1-16-14-20(26)7-10-22(16)23-4-3-13-31-24(23)29-25(30-31)28-21-8-5-18(6-9-21)19-11-12-27-17(2)15-19/h5-12,14-15,23H,3-4,13H2,1-2H3,(H,28,30)/t23-/m0/s1. The van der Waals surface area contributed by atoms with Gasteiger partial charge in [-0.05, 0) is 85.3 Å². The molecule has 4 aromatic rings. The van der Waals surface area contributed by atoms with Crippen LogP contribution < -0.4 is 5.32 Å². The smallest absolute Gasteiger partial charge is 0.246 e. The largest absolute Gasteiger partial charge is 0.323 e. The lowest BCUT2D eigenvalue weighted by molar-refractivity contribution is 0.445. The minimum Gasteiger partial charge on any atom is -0.323 e. The van der Waals surface area contributed by atoms with Crippen LogP contribution in [-0.4, -0.2) is 19.7 Å². The van der Waals surface area contributed by atoms with E-state index in [-0.39, 0.29) is 11.7 Å². The highest BCUT2D eigenvalue weighted by Crippen LogP contribution is 2.35. The molecule has 2 aromatic heterocycles. The Balaban J connectivity index is 1.38. The van der Waals surface area contributed by atoms with E-state index in [0.29, 0.717) is 5.95 Å². The average Bonchev–Trinajstić information content (AvgIpc) is 3.17. The summed E-state index contributed by atoms with van der Waals surface area (Å²) < 4.78 is 15.5. The summed E-state index contributed by atoms with van der Waals surface area (Å²) in [5, 5.41) is 8.00. The van der Waals surface area contributed by atoms with E-state index in [1.165, 1.54) is 6.07 Å². The molecule has 156 valence electrons. The summed E-state index contributed by atoms with van der Waals surface area (Å²) in [4.78, 5) is 9.06. The SMILES string of the molecule is Cc1cc(-c2ccc(Nc3nc4n(n3)CCC[C@H]4c3ccc(F)cc3C)cc2)ccn1. The average molecular weight is 414 g/mol. The van der Waals surface area contributed by atoms with Crippen LogP contribution in [0, 0.1) is 19.7 Å². The molecule has 0 amide bonds. The Hall–Kier alpha value is -3.54. The van der Waals surface area contributed by atoms with Crippen LogP contribution in [0.15, 0.2) is 60.8 Å². The van der Waals surface area contributed by atoms with Gasteiger partial charge in [0, 0.05) is 30.0 Å². The number of aromatic nitrogens is 4. The van der Waals surface area contributed by atoms with Gasteiger partial charge in [0.2, 0.25) is 5.95 Å². The number of nitrogens with zero attached hydrogens (tertiary/aromatic N) is 4. The Bertz CT molecular complexity index is 1230. The maximum absolute atomic E-state index is 13.6. The van der Waals surface area contributed by atoms with Gasteiger partial charge in [-0.25, -0.2) is 9.07 Å². The van der Waals surface area contributed by atoms with E-state index < -0.39 is 0 Å². The Labute approximate surface area is 181 Å². The summed E-state index contributed by atoms with van der Waals surface area (Å²) in [5.74, 6) is 1.46. The van der Waals surface area contributed by atoms with Gasteiger partial charge in [-0.2, -0.15) is 4.98 Å². The zero-order chi connectivity index (χ0) is 21.4. The molecule has 0 bridgehead atoms. The van der Waals surface area contributed by atoms with Crippen molar-refractivity contribution in [2.75, 3.05) is 5.32 Å². The molecule has 0 spiro atoms. The Morgan fingerprint density at radius 1 is 1.00 bits per heavy atom. The third kappa shape index (κ3) is 3.93. The van der Waals surface area contributed by atoms with Gasteiger partial charge in [0.05, 0.1) is 0 Å². The van der Waals surface area contributed by atoms with Crippen LogP contribution in [0.2, 0.25) is 0 Å². The normalized spacial score (nSPS) is 15.5. The molecule has 0 saturated carbocycles. The molecule has 0 fully saturated rings. The van der Waals surface area contributed by atoms with Crippen LogP contribution in [0.5, 0.6) is 0 Å². The fraction of sp³-hybridized carbons (Fsp3) is 0.240. The molecule has 0 unspecified atom stereocenters. The van der Waals surface area contributed by atoms with E-state index in [9.17, 15) is 4.39 Å². The second-order valence-electron chi connectivity index (χ2n) is 8.10. The van der Waals surface area contributed by atoms with Crippen LogP contribution in [0.4, 0.5) is 16.0 Å². The van der Waals surface area contributed by atoms with Crippen molar-refractivity contribution in [3.63, 3.8) is 0 Å². The number of hydrogen-bond acceptors (Lipinski definition) is 4. The van der Waals surface area contributed by atoms with Crippen LogP contribution >= 0.6 is 0 Å². The van der Waals surface area contributed by atoms with Crippen LogP contribution in [0.3, 0.4) is 0 Å². The van der Waals surface area contributed by atoms with Gasteiger partial charge in [0.15, 0.2) is 0 Å². The zero-order valence-corrected chi connectivity index (χ0v) is 17.6. The highest BCUT2D eigenvalue weighted by molar-refractivity contribution is 5.67. The summed E-state index contributed by atoms with van der Waals surface area (Å²) in [6, 6.07) is 17.3. The molecule has 0 aliphatic carbocycles. The van der Waals surface area contributed by atoms with Crippen molar-refractivity contribution in [1.82, 2.24) is 19.7 Å². The monoisotopic (exact) mass is 413 g/mol. The molecule has 3 heterocycles. The Morgan fingerprint density at radius 3 is 2.61 bits per heavy atom. The third-order valence-corrected chi connectivity index (χ3v) is 5.85. The van der Waals surface area contributed by atoms with Crippen LogP contribution in [0.1, 0.15) is 41.4 Å². The number of halogens is 1. The van der Waals surface area contributed by atoms with Gasteiger partial charge in [-0.15, -0.1) is 5.10 Å². The second kappa shape index (κ2) is 7.95. The molecule has 1 aliphatic rings. The molecule has 1 N–H and O–H groups in total. The number of anilines is 2. The van der Waals surface area contributed by atoms with Crippen molar-refractivity contribution < 1.29 is 4.39 Å². The Morgan fingerprint density at radius 2 is 1.84 bits per heavy atom. The third-order valence-electron chi connectivity index (χ3n) is 5.85. The van der Waals surface area contributed by atoms with E-state index in [0.717, 1.165) is 58.8 Å². The highest BCUT2D eigenvalue weighted by Gasteiger charge is 2.27. The number of rotatable bonds is 4. The lowest BCUT2D eigenvalue weighted by atomic mass is 9.88. The Kier molecular flexibility index (Phi) is 4.98. The van der Waals surface area contributed by atoms with Gasteiger partial charge in [0.1, 0.15) is 11.6 Å². The molecule has 6 heteroatoms. The first-order valence-corrected chi connectivity index (χ1v) is 10.6. The summed E-state index contributed by atoms with van der Waals surface area (Å²) in [5.41, 5.74) is 6.30. The lowest BCUT2D eigenvalue weighted by Crippen LogP contribution is -2.18. The van der Waals surface area contributed by atoms with Gasteiger partial charge in [0.25, 0.3) is 0 Å². The van der Waals surface area contributed by atoms with Gasteiger partial charge in [-0.1, -0.05) is 18.2 Å².